The molecule has 4 rings (SSSR count). The molecule has 8 heteroatoms. The van der Waals surface area contributed by atoms with Crippen LogP contribution in [0.25, 0.3) is 11.3 Å². The number of aromatic nitrogens is 2. The number of carbonyl (C=O) groups excluding carboxylic acids is 1. The van der Waals surface area contributed by atoms with Gasteiger partial charge in [0.1, 0.15) is 0 Å². The van der Waals surface area contributed by atoms with E-state index in [-0.39, 0.29) is 17.5 Å². The molecule has 1 aliphatic heterocycles. The number of amides is 1. The Balaban J connectivity index is 1.35. The van der Waals surface area contributed by atoms with Gasteiger partial charge in [-0.05, 0) is 43.5 Å². The Bertz CT molecular complexity index is 1090. The molecule has 1 saturated heterocycles. The molecule has 0 bridgehead atoms. The Kier molecular flexibility index (Phi) is 5.88. The third-order valence-electron chi connectivity index (χ3n) is 5.59. The zero-order chi connectivity index (χ0) is 21.8. The van der Waals surface area contributed by atoms with E-state index in [2.05, 4.69) is 20.4 Å². The summed E-state index contributed by atoms with van der Waals surface area (Å²) < 4.78 is 0. The third-order valence-corrected chi connectivity index (χ3v) is 5.59. The highest BCUT2D eigenvalue weighted by atomic mass is 16.6. The van der Waals surface area contributed by atoms with Crippen molar-refractivity contribution in [3.05, 3.63) is 76.3 Å². The maximum absolute atomic E-state index is 12.6. The SMILES string of the molecule is Cc1ccccc1-c1ccc(N2CCC(C(=O)Nc3cccc([N+](=O)[O-])c3)CC2)nn1. The molecule has 1 aliphatic rings. The van der Waals surface area contributed by atoms with Crippen LogP contribution in [0.2, 0.25) is 0 Å². The lowest BCUT2D eigenvalue weighted by molar-refractivity contribution is -0.384. The second-order valence-electron chi connectivity index (χ2n) is 7.65. The maximum Gasteiger partial charge on any atom is 0.271 e. The van der Waals surface area contributed by atoms with Gasteiger partial charge in [0.15, 0.2) is 5.82 Å². The third kappa shape index (κ3) is 4.69. The van der Waals surface area contributed by atoms with E-state index in [1.54, 1.807) is 12.1 Å². The number of piperidine rings is 1. The van der Waals surface area contributed by atoms with Gasteiger partial charge in [0.25, 0.3) is 5.69 Å². The van der Waals surface area contributed by atoms with Gasteiger partial charge < -0.3 is 10.2 Å². The first-order valence-electron chi connectivity index (χ1n) is 10.2. The van der Waals surface area contributed by atoms with Gasteiger partial charge in [0.05, 0.1) is 10.6 Å². The molecule has 0 spiro atoms. The fraction of sp³-hybridized carbons (Fsp3) is 0.261. The fourth-order valence-electron chi connectivity index (χ4n) is 3.81. The lowest BCUT2D eigenvalue weighted by atomic mass is 9.95. The molecular formula is C23H23N5O3. The van der Waals surface area contributed by atoms with Crippen molar-refractivity contribution in [3.63, 3.8) is 0 Å². The molecule has 1 amide bonds. The minimum Gasteiger partial charge on any atom is -0.355 e. The summed E-state index contributed by atoms with van der Waals surface area (Å²) in [5.41, 5.74) is 3.46. The van der Waals surface area contributed by atoms with Crippen molar-refractivity contribution in [2.45, 2.75) is 19.8 Å². The summed E-state index contributed by atoms with van der Waals surface area (Å²) in [6.07, 6.45) is 1.37. The number of non-ortho nitro benzene ring substituents is 1. The average molecular weight is 417 g/mol. The van der Waals surface area contributed by atoms with Crippen molar-refractivity contribution in [2.24, 2.45) is 5.92 Å². The molecule has 0 aliphatic carbocycles. The van der Waals surface area contributed by atoms with Crippen molar-refractivity contribution >= 4 is 23.1 Å². The largest absolute Gasteiger partial charge is 0.355 e. The quantitative estimate of drug-likeness (QED) is 0.493. The molecule has 0 saturated carbocycles. The van der Waals surface area contributed by atoms with Crippen molar-refractivity contribution < 1.29 is 9.72 Å². The molecular weight excluding hydrogens is 394 g/mol. The molecule has 1 N–H and O–H groups in total. The van der Waals surface area contributed by atoms with Crippen LogP contribution in [0, 0.1) is 23.0 Å². The summed E-state index contributed by atoms with van der Waals surface area (Å²) in [5, 5.41) is 22.5. The summed E-state index contributed by atoms with van der Waals surface area (Å²) in [6.45, 7) is 3.45. The summed E-state index contributed by atoms with van der Waals surface area (Å²) in [6, 6.07) is 18.0. The van der Waals surface area contributed by atoms with Gasteiger partial charge in [-0.15, -0.1) is 10.2 Å². The molecule has 0 unspecified atom stereocenters. The van der Waals surface area contributed by atoms with Crippen LogP contribution in [0.1, 0.15) is 18.4 Å². The van der Waals surface area contributed by atoms with E-state index in [1.807, 2.05) is 43.3 Å². The molecule has 1 fully saturated rings. The van der Waals surface area contributed by atoms with Crippen LogP contribution < -0.4 is 10.2 Å². The van der Waals surface area contributed by atoms with E-state index < -0.39 is 4.92 Å². The number of nitro groups is 1. The first kappa shape index (κ1) is 20.5. The van der Waals surface area contributed by atoms with Crippen molar-refractivity contribution in [2.75, 3.05) is 23.3 Å². The van der Waals surface area contributed by atoms with Gasteiger partial charge >= 0.3 is 0 Å². The first-order valence-corrected chi connectivity index (χ1v) is 10.2. The predicted octanol–water partition coefficient (Wildman–Crippen LogP) is 4.22. The normalized spacial score (nSPS) is 14.3. The number of aryl methyl sites for hydroxylation is 1. The Morgan fingerprint density at radius 2 is 1.84 bits per heavy atom. The fourth-order valence-corrected chi connectivity index (χ4v) is 3.81. The zero-order valence-corrected chi connectivity index (χ0v) is 17.2. The Labute approximate surface area is 180 Å². The topological polar surface area (TPSA) is 101 Å². The van der Waals surface area contributed by atoms with Crippen LogP contribution in [-0.4, -0.2) is 34.1 Å². The van der Waals surface area contributed by atoms with Crippen molar-refractivity contribution in [3.8, 4) is 11.3 Å². The molecule has 2 heterocycles. The molecule has 0 atom stereocenters. The van der Waals surface area contributed by atoms with Crippen molar-refractivity contribution in [1.82, 2.24) is 10.2 Å². The first-order chi connectivity index (χ1) is 15.0. The van der Waals surface area contributed by atoms with E-state index in [4.69, 9.17) is 0 Å². The monoisotopic (exact) mass is 417 g/mol. The highest BCUT2D eigenvalue weighted by molar-refractivity contribution is 5.93. The van der Waals surface area contributed by atoms with Crippen LogP contribution in [0.4, 0.5) is 17.2 Å². The van der Waals surface area contributed by atoms with Crippen LogP contribution in [-0.2, 0) is 4.79 Å². The van der Waals surface area contributed by atoms with Crippen LogP contribution in [0.5, 0.6) is 0 Å². The second-order valence-corrected chi connectivity index (χ2v) is 7.65. The molecule has 31 heavy (non-hydrogen) atoms. The zero-order valence-electron chi connectivity index (χ0n) is 17.2. The number of benzene rings is 2. The van der Waals surface area contributed by atoms with Gasteiger partial charge in [-0.1, -0.05) is 30.3 Å². The number of carbonyl (C=O) groups is 1. The molecule has 158 valence electrons. The molecule has 3 aromatic rings. The lowest BCUT2D eigenvalue weighted by Gasteiger charge is -2.31. The van der Waals surface area contributed by atoms with E-state index >= 15 is 0 Å². The number of hydrogen-bond donors (Lipinski definition) is 1. The van der Waals surface area contributed by atoms with Gasteiger partial charge in [0, 0.05) is 42.4 Å². The standard InChI is InChI=1S/C23H23N5O3/c1-16-5-2-3-8-20(16)21-9-10-22(26-25-21)27-13-11-17(12-14-27)23(29)24-18-6-4-7-19(15-18)28(30)31/h2-10,15,17H,11-14H2,1H3,(H,24,29). The van der Waals surface area contributed by atoms with E-state index in [9.17, 15) is 14.9 Å². The highest BCUT2D eigenvalue weighted by Gasteiger charge is 2.26. The predicted molar refractivity (Wildman–Crippen MR) is 119 cm³/mol. The number of nitrogens with zero attached hydrogens (tertiary/aromatic N) is 4. The number of nitro benzene ring substituents is 1. The Morgan fingerprint density at radius 1 is 1.06 bits per heavy atom. The minimum absolute atomic E-state index is 0.0414. The van der Waals surface area contributed by atoms with Crippen molar-refractivity contribution in [1.29, 1.82) is 0 Å². The van der Waals surface area contributed by atoms with E-state index in [0.717, 1.165) is 22.6 Å². The second kappa shape index (κ2) is 8.91. The van der Waals surface area contributed by atoms with Crippen LogP contribution >= 0.6 is 0 Å². The lowest BCUT2D eigenvalue weighted by Crippen LogP contribution is -2.38. The van der Waals surface area contributed by atoms with E-state index in [1.165, 1.54) is 12.1 Å². The van der Waals surface area contributed by atoms with Gasteiger partial charge in [-0.25, -0.2) is 0 Å². The van der Waals surface area contributed by atoms with Gasteiger partial charge in [-0.2, -0.15) is 0 Å². The summed E-state index contributed by atoms with van der Waals surface area (Å²) in [4.78, 5) is 25.2. The van der Waals surface area contributed by atoms with Gasteiger partial charge in [-0.3, -0.25) is 14.9 Å². The summed E-state index contributed by atoms with van der Waals surface area (Å²) >= 11 is 0. The average Bonchev–Trinajstić information content (AvgIpc) is 2.80. The van der Waals surface area contributed by atoms with Gasteiger partial charge in [0.2, 0.25) is 5.91 Å². The van der Waals surface area contributed by atoms with Crippen LogP contribution in [0.15, 0.2) is 60.7 Å². The van der Waals surface area contributed by atoms with E-state index in [0.29, 0.717) is 31.6 Å². The maximum atomic E-state index is 12.6. The molecule has 2 aromatic carbocycles. The number of anilines is 2. The highest BCUT2D eigenvalue weighted by Crippen LogP contribution is 2.26. The minimum atomic E-state index is -0.473. The number of nitrogens with one attached hydrogen (secondary N) is 1. The molecule has 0 radical (unpaired) electrons. The number of hydrogen-bond acceptors (Lipinski definition) is 6. The molecule has 8 nitrogen and oxygen atoms in total. The van der Waals surface area contributed by atoms with Crippen LogP contribution in [0.3, 0.4) is 0 Å². The molecule has 1 aromatic heterocycles. The Morgan fingerprint density at radius 3 is 2.52 bits per heavy atom. The Hall–Kier alpha value is -3.81. The summed E-state index contributed by atoms with van der Waals surface area (Å²) in [7, 11) is 0. The number of rotatable bonds is 5. The smallest absolute Gasteiger partial charge is 0.271 e. The summed E-state index contributed by atoms with van der Waals surface area (Å²) in [5.74, 6) is 0.547.